The van der Waals surface area contributed by atoms with Crippen LogP contribution in [0.3, 0.4) is 0 Å². The van der Waals surface area contributed by atoms with Gasteiger partial charge in [-0.05, 0) is 46.2 Å². The summed E-state index contributed by atoms with van der Waals surface area (Å²) in [7, 11) is 0. The fourth-order valence-corrected chi connectivity index (χ4v) is 1.04. The minimum Gasteiger partial charge on any atom is -0.316 e. The minimum absolute atomic E-state index is 0.167. The van der Waals surface area contributed by atoms with E-state index >= 15 is 0 Å². The van der Waals surface area contributed by atoms with Gasteiger partial charge in [-0.2, -0.15) is 5.26 Å². The Morgan fingerprint density at radius 1 is 1.46 bits per heavy atom. The zero-order valence-corrected chi connectivity index (χ0v) is 8.77. The molecule has 0 saturated heterocycles. The molecular weight excluding hydrogens is 160 g/mol. The van der Waals surface area contributed by atoms with E-state index in [-0.39, 0.29) is 5.41 Å². The zero-order valence-electron chi connectivity index (χ0n) is 8.77. The van der Waals surface area contributed by atoms with Gasteiger partial charge in [0.15, 0.2) is 0 Å². The highest BCUT2D eigenvalue weighted by molar-refractivity contribution is 4.91. The van der Waals surface area contributed by atoms with E-state index in [9.17, 15) is 0 Å². The van der Waals surface area contributed by atoms with Crippen molar-refractivity contribution < 1.29 is 0 Å². The summed E-state index contributed by atoms with van der Waals surface area (Å²) in [5, 5.41) is 12.1. The third kappa shape index (κ3) is 7.55. The van der Waals surface area contributed by atoms with Crippen molar-refractivity contribution in [1.82, 2.24) is 5.32 Å². The lowest BCUT2D eigenvalue weighted by Gasteiger charge is -2.14. The van der Waals surface area contributed by atoms with Crippen molar-refractivity contribution >= 4 is 0 Å². The summed E-state index contributed by atoms with van der Waals surface area (Å²) in [5.74, 6) is 0. The van der Waals surface area contributed by atoms with Crippen LogP contribution in [0.2, 0.25) is 0 Å². The van der Waals surface area contributed by atoms with Crippen molar-refractivity contribution in [3.05, 3.63) is 12.7 Å². The molecule has 1 N–H and O–H groups in total. The van der Waals surface area contributed by atoms with Crippen molar-refractivity contribution in [1.29, 1.82) is 5.26 Å². The first-order valence-corrected chi connectivity index (χ1v) is 4.85. The topological polar surface area (TPSA) is 35.8 Å². The fourth-order valence-electron chi connectivity index (χ4n) is 1.04. The van der Waals surface area contributed by atoms with Gasteiger partial charge in [0.1, 0.15) is 0 Å². The molecule has 0 heterocycles. The summed E-state index contributed by atoms with van der Waals surface area (Å²) in [6.07, 6.45) is 4.95. The Labute approximate surface area is 81.6 Å². The highest BCUT2D eigenvalue weighted by Gasteiger charge is 2.14. The first-order valence-electron chi connectivity index (χ1n) is 4.85. The van der Waals surface area contributed by atoms with Crippen LogP contribution in [0.25, 0.3) is 0 Å². The van der Waals surface area contributed by atoms with Gasteiger partial charge in [-0.1, -0.05) is 6.08 Å². The van der Waals surface area contributed by atoms with Crippen LogP contribution in [0.15, 0.2) is 12.7 Å². The molecule has 2 heteroatoms. The lowest BCUT2D eigenvalue weighted by Crippen LogP contribution is -2.18. The van der Waals surface area contributed by atoms with Crippen molar-refractivity contribution in [2.24, 2.45) is 5.41 Å². The Kier molecular flexibility index (Phi) is 6.26. The molecule has 2 nitrogen and oxygen atoms in total. The largest absolute Gasteiger partial charge is 0.316 e. The van der Waals surface area contributed by atoms with Crippen LogP contribution >= 0.6 is 0 Å². The molecule has 0 rings (SSSR count). The molecular formula is C11H20N2. The van der Waals surface area contributed by atoms with Crippen molar-refractivity contribution in [3.63, 3.8) is 0 Å². The van der Waals surface area contributed by atoms with E-state index < -0.39 is 0 Å². The molecule has 0 bridgehead atoms. The first-order chi connectivity index (χ1) is 6.12. The average Bonchev–Trinajstić information content (AvgIpc) is 2.11. The number of nitriles is 1. The Hall–Kier alpha value is -0.810. The molecule has 74 valence electrons. The van der Waals surface area contributed by atoms with Crippen LogP contribution < -0.4 is 5.32 Å². The van der Waals surface area contributed by atoms with Crippen molar-refractivity contribution in [3.8, 4) is 6.07 Å². The van der Waals surface area contributed by atoms with Gasteiger partial charge in [-0.25, -0.2) is 0 Å². The van der Waals surface area contributed by atoms with Gasteiger partial charge in [0, 0.05) is 0 Å². The first kappa shape index (κ1) is 12.2. The zero-order chi connectivity index (χ0) is 10.2. The summed E-state index contributed by atoms with van der Waals surface area (Å²) < 4.78 is 0. The Morgan fingerprint density at radius 3 is 2.69 bits per heavy atom. The Balaban J connectivity index is 3.27. The van der Waals surface area contributed by atoms with E-state index in [0.717, 1.165) is 32.4 Å². The quantitative estimate of drug-likeness (QED) is 0.482. The molecule has 0 saturated carbocycles. The van der Waals surface area contributed by atoms with Gasteiger partial charge in [0.25, 0.3) is 0 Å². The molecule has 0 aliphatic heterocycles. The molecule has 0 radical (unpaired) electrons. The van der Waals surface area contributed by atoms with Crippen LogP contribution in [0, 0.1) is 16.7 Å². The Bertz CT molecular complexity index is 177. The van der Waals surface area contributed by atoms with E-state index in [1.165, 1.54) is 0 Å². The summed E-state index contributed by atoms with van der Waals surface area (Å²) in [5.41, 5.74) is -0.167. The number of hydrogen-bond acceptors (Lipinski definition) is 2. The molecule has 0 atom stereocenters. The second kappa shape index (κ2) is 6.68. The molecule has 0 amide bonds. The van der Waals surface area contributed by atoms with Gasteiger partial charge in [-0.15, -0.1) is 6.58 Å². The van der Waals surface area contributed by atoms with E-state index in [2.05, 4.69) is 18.0 Å². The third-order valence-electron chi connectivity index (χ3n) is 1.98. The molecule has 0 fully saturated rings. The SMILES string of the molecule is C=CCCNCCCC(C)(C)C#N. The summed E-state index contributed by atoms with van der Waals surface area (Å²) in [6, 6.07) is 2.30. The lowest BCUT2D eigenvalue weighted by atomic mass is 9.90. The smallest absolute Gasteiger partial charge is 0.0683 e. The maximum absolute atomic E-state index is 8.75. The van der Waals surface area contributed by atoms with Gasteiger partial charge in [-0.3, -0.25) is 0 Å². The molecule has 0 aliphatic carbocycles. The predicted octanol–water partition coefficient (Wildman–Crippen LogP) is 2.48. The van der Waals surface area contributed by atoms with Crippen LogP contribution in [0.5, 0.6) is 0 Å². The van der Waals surface area contributed by atoms with Crippen LogP contribution in [-0.2, 0) is 0 Å². The molecule has 0 aromatic carbocycles. The van der Waals surface area contributed by atoms with E-state index in [1.807, 2.05) is 19.9 Å². The minimum atomic E-state index is -0.167. The van der Waals surface area contributed by atoms with E-state index in [4.69, 9.17) is 5.26 Å². The van der Waals surface area contributed by atoms with Crippen molar-refractivity contribution in [2.75, 3.05) is 13.1 Å². The highest BCUT2D eigenvalue weighted by atomic mass is 14.8. The summed E-state index contributed by atoms with van der Waals surface area (Å²) in [4.78, 5) is 0. The van der Waals surface area contributed by atoms with Gasteiger partial charge in [0.05, 0.1) is 11.5 Å². The standard InChI is InChI=1S/C11H20N2/c1-4-5-8-13-9-6-7-11(2,3)10-12/h4,13H,1,5-9H2,2-3H3. The highest BCUT2D eigenvalue weighted by Crippen LogP contribution is 2.19. The molecule has 0 unspecified atom stereocenters. The fraction of sp³-hybridized carbons (Fsp3) is 0.727. The molecule has 0 aromatic heterocycles. The summed E-state index contributed by atoms with van der Waals surface area (Å²) >= 11 is 0. The number of nitrogens with zero attached hydrogens (tertiary/aromatic N) is 1. The number of nitrogens with one attached hydrogen (secondary N) is 1. The molecule has 0 spiro atoms. The Morgan fingerprint density at radius 2 is 2.15 bits per heavy atom. The van der Waals surface area contributed by atoms with Gasteiger partial charge < -0.3 is 5.32 Å². The molecule has 13 heavy (non-hydrogen) atoms. The van der Waals surface area contributed by atoms with Crippen LogP contribution in [0.4, 0.5) is 0 Å². The van der Waals surface area contributed by atoms with Gasteiger partial charge >= 0.3 is 0 Å². The second-order valence-corrected chi connectivity index (χ2v) is 3.93. The number of hydrogen-bond donors (Lipinski definition) is 1. The lowest BCUT2D eigenvalue weighted by molar-refractivity contribution is 0.427. The normalized spacial score (nSPS) is 10.8. The number of rotatable bonds is 7. The predicted molar refractivity (Wildman–Crippen MR) is 56.3 cm³/mol. The van der Waals surface area contributed by atoms with Gasteiger partial charge in [0.2, 0.25) is 0 Å². The second-order valence-electron chi connectivity index (χ2n) is 3.93. The maximum Gasteiger partial charge on any atom is 0.0683 e. The van der Waals surface area contributed by atoms with Crippen LogP contribution in [0.1, 0.15) is 33.1 Å². The molecule has 0 aromatic rings. The average molecular weight is 180 g/mol. The summed E-state index contributed by atoms with van der Waals surface area (Å²) in [6.45, 7) is 9.61. The van der Waals surface area contributed by atoms with E-state index in [1.54, 1.807) is 0 Å². The molecule has 0 aliphatic rings. The van der Waals surface area contributed by atoms with E-state index in [0.29, 0.717) is 0 Å². The monoisotopic (exact) mass is 180 g/mol. The maximum atomic E-state index is 8.75. The van der Waals surface area contributed by atoms with Crippen LogP contribution in [-0.4, -0.2) is 13.1 Å². The van der Waals surface area contributed by atoms with Crippen molar-refractivity contribution in [2.45, 2.75) is 33.1 Å². The third-order valence-corrected chi connectivity index (χ3v) is 1.98.